The van der Waals surface area contributed by atoms with Gasteiger partial charge in [-0.3, -0.25) is 4.79 Å². The SMILES string of the molecule is CN1Cc2c(Cl)cc(Cl)cc2C(c2ccc(S(=O)(=O)NCC(=O)NCC=O)cc2)C1. The molecule has 3 rings (SSSR count). The van der Waals surface area contributed by atoms with Crippen molar-refractivity contribution < 1.29 is 18.0 Å². The van der Waals surface area contributed by atoms with Crippen LogP contribution in [0.25, 0.3) is 0 Å². The summed E-state index contributed by atoms with van der Waals surface area (Å²) in [4.78, 5) is 24.0. The molecule has 160 valence electrons. The number of sulfonamides is 1. The molecule has 30 heavy (non-hydrogen) atoms. The van der Waals surface area contributed by atoms with Crippen LogP contribution in [0.15, 0.2) is 41.3 Å². The molecule has 1 aliphatic heterocycles. The summed E-state index contributed by atoms with van der Waals surface area (Å²) in [5.74, 6) is -0.591. The summed E-state index contributed by atoms with van der Waals surface area (Å²) in [5.41, 5.74) is 2.98. The van der Waals surface area contributed by atoms with E-state index in [2.05, 4.69) is 14.9 Å². The number of carbonyl (C=O) groups is 2. The topological polar surface area (TPSA) is 95.6 Å². The van der Waals surface area contributed by atoms with Crippen molar-refractivity contribution in [1.82, 2.24) is 14.9 Å². The van der Waals surface area contributed by atoms with Crippen LogP contribution in [0.5, 0.6) is 0 Å². The number of hydrogen-bond donors (Lipinski definition) is 2. The molecule has 1 atom stereocenters. The van der Waals surface area contributed by atoms with Gasteiger partial charge in [0, 0.05) is 29.1 Å². The highest BCUT2D eigenvalue weighted by Gasteiger charge is 2.27. The Morgan fingerprint density at radius 1 is 1.23 bits per heavy atom. The molecule has 0 aromatic heterocycles. The number of rotatable bonds is 7. The van der Waals surface area contributed by atoms with Gasteiger partial charge in [0.15, 0.2) is 0 Å². The van der Waals surface area contributed by atoms with E-state index in [1.807, 2.05) is 13.1 Å². The van der Waals surface area contributed by atoms with Crippen LogP contribution in [0.4, 0.5) is 0 Å². The number of aldehydes is 1. The number of hydrogen-bond acceptors (Lipinski definition) is 5. The minimum atomic E-state index is -3.86. The molecule has 1 heterocycles. The minimum absolute atomic E-state index is 0.00576. The highest BCUT2D eigenvalue weighted by molar-refractivity contribution is 7.89. The quantitative estimate of drug-likeness (QED) is 0.605. The van der Waals surface area contributed by atoms with Crippen LogP contribution in [0.1, 0.15) is 22.6 Å². The Hall–Kier alpha value is -1.97. The van der Waals surface area contributed by atoms with Crippen molar-refractivity contribution in [2.45, 2.75) is 17.4 Å². The normalized spacial score (nSPS) is 16.7. The van der Waals surface area contributed by atoms with Gasteiger partial charge < -0.3 is 15.0 Å². The number of halogens is 2. The molecule has 2 aromatic carbocycles. The third-order valence-corrected chi connectivity index (χ3v) is 6.86. The van der Waals surface area contributed by atoms with Crippen LogP contribution in [0.3, 0.4) is 0 Å². The predicted molar refractivity (Wildman–Crippen MR) is 115 cm³/mol. The second-order valence-corrected chi connectivity index (χ2v) is 9.68. The lowest BCUT2D eigenvalue weighted by Crippen LogP contribution is -2.37. The zero-order valence-corrected chi connectivity index (χ0v) is 18.5. The van der Waals surface area contributed by atoms with Crippen molar-refractivity contribution in [1.29, 1.82) is 0 Å². The van der Waals surface area contributed by atoms with Gasteiger partial charge in [-0.25, -0.2) is 13.1 Å². The molecule has 1 aliphatic rings. The Labute approximate surface area is 185 Å². The van der Waals surface area contributed by atoms with Crippen LogP contribution >= 0.6 is 23.2 Å². The van der Waals surface area contributed by atoms with E-state index in [0.29, 0.717) is 22.9 Å². The van der Waals surface area contributed by atoms with Gasteiger partial charge in [-0.15, -0.1) is 0 Å². The molecule has 2 aromatic rings. The second-order valence-electron chi connectivity index (χ2n) is 7.07. The summed E-state index contributed by atoms with van der Waals surface area (Å²) < 4.78 is 27.1. The van der Waals surface area contributed by atoms with E-state index in [-0.39, 0.29) is 17.4 Å². The first-order valence-electron chi connectivity index (χ1n) is 9.17. The number of carbonyl (C=O) groups excluding carboxylic acids is 2. The van der Waals surface area contributed by atoms with Crippen LogP contribution in [-0.2, 0) is 26.2 Å². The third-order valence-electron chi connectivity index (χ3n) is 4.89. The van der Waals surface area contributed by atoms with E-state index in [1.54, 1.807) is 18.2 Å². The van der Waals surface area contributed by atoms with Gasteiger partial charge >= 0.3 is 0 Å². The van der Waals surface area contributed by atoms with E-state index in [9.17, 15) is 18.0 Å². The molecular formula is C20H21Cl2N3O4S. The first-order chi connectivity index (χ1) is 14.2. The highest BCUT2D eigenvalue weighted by atomic mass is 35.5. The zero-order chi connectivity index (χ0) is 21.9. The van der Waals surface area contributed by atoms with Gasteiger partial charge in [0.05, 0.1) is 18.0 Å². The summed E-state index contributed by atoms with van der Waals surface area (Å²) in [6.45, 7) is 0.839. The van der Waals surface area contributed by atoms with Crippen molar-refractivity contribution in [2.24, 2.45) is 0 Å². The Morgan fingerprint density at radius 3 is 2.60 bits per heavy atom. The Kier molecular flexibility index (Phi) is 7.15. The van der Waals surface area contributed by atoms with Crippen LogP contribution in [-0.4, -0.2) is 52.2 Å². The van der Waals surface area contributed by atoms with Crippen LogP contribution < -0.4 is 10.0 Å². The minimum Gasteiger partial charge on any atom is -0.348 e. The van der Waals surface area contributed by atoms with Gasteiger partial charge in [0.2, 0.25) is 15.9 Å². The van der Waals surface area contributed by atoms with Gasteiger partial charge in [-0.1, -0.05) is 35.3 Å². The van der Waals surface area contributed by atoms with Crippen molar-refractivity contribution in [3.05, 3.63) is 63.1 Å². The van der Waals surface area contributed by atoms with Crippen LogP contribution in [0.2, 0.25) is 10.0 Å². The Balaban J connectivity index is 1.81. The summed E-state index contributed by atoms with van der Waals surface area (Å²) in [6, 6.07) is 10.1. The summed E-state index contributed by atoms with van der Waals surface area (Å²) in [5, 5.41) is 3.45. The van der Waals surface area contributed by atoms with E-state index in [0.717, 1.165) is 23.2 Å². The summed E-state index contributed by atoms with van der Waals surface area (Å²) in [7, 11) is -1.87. The first kappa shape index (κ1) is 22.7. The average molecular weight is 470 g/mol. The zero-order valence-electron chi connectivity index (χ0n) is 16.2. The first-order valence-corrected chi connectivity index (χ1v) is 11.4. The van der Waals surface area contributed by atoms with Gasteiger partial charge in [0.1, 0.15) is 6.29 Å². The summed E-state index contributed by atoms with van der Waals surface area (Å²) in [6.07, 6.45) is 0.520. The lowest BCUT2D eigenvalue weighted by molar-refractivity contribution is -0.121. The van der Waals surface area contributed by atoms with Gasteiger partial charge in [-0.05, 0) is 48.0 Å². The Morgan fingerprint density at radius 2 is 1.93 bits per heavy atom. The molecule has 0 saturated heterocycles. The monoisotopic (exact) mass is 469 g/mol. The van der Waals surface area contributed by atoms with Crippen LogP contribution in [0, 0.1) is 0 Å². The maximum absolute atomic E-state index is 12.4. The molecule has 0 aliphatic carbocycles. The van der Waals surface area contributed by atoms with Crippen molar-refractivity contribution >= 4 is 45.4 Å². The molecular weight excluding hydrogens is 449 g/mol. The molecule has 1 amide bonds. The third kappa shape index (κ3) is 5.19. The number of nitrogens with one attached hydrogen (secondary N) is 2. The molecule has 0 fully saturated rings. The average Bonchev–Trinajstić information content (AvgIpc) is 2.71. The fourth-order valence-electron chi connectivity index (χ4n) is 3.47. The lowest BCUT2D eigenvalue weighted by atomic mass is 9.85. The fourth-order valence-corrected chi connectivity index (χ4v) is 5.02. The maximum Gasteiger partial charge on any atom is 0.241 e. The summed E-state index contributed by atoms with van der Waals surface area (Å²) >= 11 is 12.6. The van der Waals surface area contributed by atoms with Crippen molar-refractivity contribution in [3.8, 4) is 0 Å². The van der Waals surface area contributed by atoms with Gasteiger partial charge in [0.25, 0.3) is 0 Å². The van der Waals surface area contributed by atoms with E-state index >= 15 is 0 Å². The predicted octanol–water partition coefficient (Wildman–Crippen LogP) is 2.16. The fraction of sp³-hybridized carbons (Fsp3) is 0.300. The number of nitrogens with zero attached hydrogens (tertiary/aromatic N) is 1. The Bertz CT molecular complexity index is 1060. The molecule has 10 heteroatoms. The number of benzene rings is 2. The molecule has 2 N–H and O–H groups in total. The van der Waals surface area contributed by atoms with E-state index in [4.69, 9.17) is 23.2 Å². The number of likely N-dealkylation sites (N-methyl/N-ethyl adjacent to an activating group) is 1. The standard InChI is InChI=1S/C20H21Cl2N3O4S/c1-25-11-17(16-8-14(21)9-19(22)18(16)12-25)13-2-4-15(5-3-13)30(28,29)24-10-20(27)23-6-7-26/h2-5,7-9,17,24H,6,10-12H2,1H3,(H,23,27). The van der Waals surface area contributed by atoms with Gasteiger partial charge in [-0.2, -0.15) is 0 Å². The smallest absolute Gasteiger partial charge is 0.241 e. The molecule has 0 radical (unpaired) electrons. The van der Waals surface area contributed by atoms with E-state index in [1.165, 1.54) is 12.1 Å². The molecule has 1 unspecified atom stereocenters. The highest BCUT2D eigenvalue weighted by Crippen LogP contribution is 2.38. The lowest BCUT2D eigenvalue weighted by Gasteiger charge is -2.33. The molecule has 7 nitrogen and oxygen atoms in total. The maximum atomic E-state index is 12.4. The molecule has 0 bridgehead atoms. The van der Waals surface area contributed by atoms with Crippen molar-refractivity contribution in [3.63, 3.8) is 0 Å². The molecule has 0 saturated carbocycles. The number of fused-ring (bicyclic) bond motifs is 1. The number of amides is 1. The largest absolute Gasteiger partial charge is 0.348 e. The van der Waals surface area contributed by atoms with Crippen molar-refractivity contribution in [2.75, 3.05) is 26.7 Å². The second kappa shape index (κ2) is 9.45. The van der Waals surface area contributed by atoms with E-state index < -0.39 is 22.5 Å². The molecule has 0 spiro atoms.